The highest BCUT2D eigenvalue weighted by Gasteiger charge is 2.26. The van der Waals surface area contributed by atoms with E-state index < -0.39 is 0 Å². The normalized spacial score (nSPS) is 15.9. The van der Waals surface area contributed by atoms with Crippen molar-refractivity contribution in [1.82, 2.24) is 19.8 Å². The Kier molecular flexibility index (Phi) is 5.99. The second kappa shape index (κ2) is 8.83. The maximum Gasteiger partial charge on any atom is 0.256 e. The zero-order chi connectivity index (χ0) is 21.1. The summed E-state index contributed by atoms with van der Waals surface area (Å²) >= 11 is 0. The van der Waals surface area contributed by atoms with Crippen molar-refractivity contribution in [2.45, 2.75) is 45.7 Å². The van der Waals surface area contributed by atoms with E-state index in [1.807, 2.05) is 30.5 Å². The van der Waals surface area contributed by atoms with Crippen molar-refractivity contribution in [2.75, 3.05) is 19.6 Å². The second-order valence-corrected chi connectivity index (χ2v) is 7.82. The number of furan rings is 1. The number of hydrogen-bond acceptors (Lipinski definition) is 5. The molecule has 1 aliphatic heterocycles. The molecule has 0 spiro atoms. The van der Waals surface area contributed by atoms with Crippen molar-refractivity contribution in [3.05, 3.63) is 64.0 Å². The highest BCUT2D eigenvalue weighted by molar-refractivity contribution is 5.96. The van der Waals surface area contributed by atoms with Crippen molar-refractivity contribution in [2.24, 2.45) is 0 Å². The van der Waals surface area contributed by atoms with E-state index in [1.54, 1.807) is 24.6 Å². The number of aromatic nitrogens is 2. The number of piperidine rings is 1. The Morgan fingerprint density at radius 3 is 2.73 bits per heavy atom. The minimum absolute atomic E-state index is 0.0394. The van der Waals surface area contributed by atoms with Crippen LogP contribution >= 0.6 is 0 Å². The van der Waals surface area contributed by atoms with Gasteiger partial charge in [0.1, 0.15) is 17.0 Å². The standard InChI is InChI=1S/C23H28N4O3/c1-3-26-15-18(21(28)17-10-9-16(2)25-22(17)26)23(29)24-14-19(20-8-7-13-30-20)27-11-5-4-6-12-27/h7-10,13,15,19H,3-6,11-12,14H2,1-2H3,(H,24,29)/t19-/m1/s1. The lowest BCUT2D eigenvalue weighted by atomic mass is 10.1. The van der Waals surface area contributed by atoms with Crippen LogP contribution in [0.15, 0.2) is 45.9 Å². The Balaban J connectivity index is 1.60. The Bertz CT molecular complexity index is 1080. The maximum atomic E-state index is 13.0. The summed E-state index contributed by atoms with van der Waals surface area (Å²) in [5, 5.41) is 3.44. The molecule has 0 unspecified atom stereocenters. The molecule has 4 heterocycles. The van der Waals surface area contributed by atoms with E-state index in [0.717, 1.165) is 37.4 Å². The molecule has 1 aliphatic rings. The van der Waals surface area contributed by atoms with E-state index in [0.29, 0.717) is 24.1 Å². The molecule has 1 atom stereocenters. The first-order valence-electron chi connectivity index (χ1n) is 10.6. The Labute approximate surface area is 175 Å². The zero-order valence-corrected chi connectivity index (χ0v) is 17.6. The number of hydrogen-bond donors (Lipinski definition) is 1. The van der Waals surface area contributed by atoms with Gasteiger partial charge in [-0.1, -0.05) is 6.42 Å². The summed E-state index contributed by atoms with van der Waals surface area (Å²) < 4.78 is 7.50. The summed E-state index contributed by atoms with van der Waals surface area (Å²) in [7, 11) is 0. The fourth-order valence-electron chi connectivity index (χ4n) is 4.17. The van der Waals surface area contributed by atoms with Gasteiger partial charge < -0.3 is 14.3 Å². The maximum absolute atomic E-state index is 13.0. The van der Waals surface area contributed by atoms with Crippen LogP contribution in [0.3, 0.4) is 0 Å². The minimum atomic E-state index is -0.363. The molecule has 1 saturated heterocycles. The molecule has 3 aromatic rings. The number of nitrogens with zero attached hydrogens (tertiary/aromatic N) is 3. The van der Waals surface area contributed by atoms with Crippen LogP contribution in [0.1, 0.15) is 54.0 Å². The molecule has 1 fully saturated rings. The van der Waals surface area contributed by atoms with E-state index in [1.165, 1.54) is 6.42 Å². The Hall–Kier alpha value is -2.93. The SMILES string of the molecule is CCn1cc(C(=O)NC[C@H](c2ccco2)N2CCCCC2)c(=O)c2ccc(C)nc21. The third kappa shape index (κ3) is 4.03. The molecular weight excluding hydrogens is 380 g/mol. The summed E-state index contributed by atoms with van der Waals surface area (Å²) in [5.74, 6) is 0.472. The van der Waals surface area contributed by atoms with Gasteiger partial charge in [-0.25, -0.2) is 4.98 Å². The van der Waals surface area contributed by atoms with E-state index >= 15 is 0 Å². The summed E-state index contributed by atoms with van der Waals surface area (Å²) in [6.45, 7) is 6.83. The lowest BCUT2D eigenvalue weighted by molar-refractivity contribution is 0.0912. The van der Waals surface area contributed by atoms with Crippen molar-refractivity contribution < 1.29 is 9.21 Å². The molecular formula is C23H28N4O3. The third-order valence-corrected chi connectivity index (χ3v) is 5.80. The number of likely N-dealkylation sites (tertiary alicyclic amines) is 1. The van der Waals surface area contributed by atoms with Crippen molar-refractivity contribution in [1.29, 1.82) is 0 Å². The summed E-state index contributed by atoms with van der Waals surface area (Å²) in [6, 6.07) is 7.32. The van der Waals surface area contributed by atoms with Gasteiger partial charge in [-0.05, 0) is 64.0 Å². The van der Waals surface area contributed by atoms with Gasteiger partial charge in [0.15, 0.2) is 0 Å². The molecule has 0 saturated carbocycles. The number of pyridine rings is 2. The smallest absolute Gasteiger partial charge is 0.256 e. The number of nitrogens with one attached hydrogen (secondary N) is 1. The number of carbonyl (C=O) groups is 1. The predicted molar refractivity (Wildman–Crippen MR) is 116 cm³/mol. The minimum Gasteiger partial charge on any atom is -0.468 e. The quantitative estimate of drug-likeness (QED) is 0.677. The highest BCUT2D eigenvalue weighted by Crippen LogP contribution is 2.24. The van der Waals surface area contributed by atoms with Gasteiger partial charge in [-0.15, -0.1) is 0 Å². The summed E-state index contributed by atoms with van der Waals surface area (Å²) in [6.07, 6.45) is 6.80. The van der Waals surface area contributed by atoms with Gasteiger partial charge >= 0.3 is 0 Å². The fourth-order valence-corrected chi connectivity index (χ4v) is 4.17. The van der Waals surface area contributed by atoms with Crippen LogP contribution in [-0.4, -0.2) is 40.0 Å². The molecule has 1 amide bonds. The first kappa shape index (κ1) is 20.3. The highest BCUT2D eigenvalue weighted by atomic mass is 16.3. The van der Waals surface area contributed by atoms with Crippen LogP contribution in [0, 0.1) is 6.92 Å². The average Bonchev–Trinajstić information content (AvgIpc) is 3.29. The van der Waals surface area contributed by atoms with Gasteiger partial charge in [0.2, 0.25) is 5.43 Å². The van der Waals surface area contributed by atoms with Gasteiger partial charge in [0.25, 0.3) is 5.91 Å². The molecule has 0 radical (unpaired) electrons. The summed E-state index contributed by atoms with van der Waals surface area (Å²) in [5.41, 5.74) is 1.31. The van der Waals surface area contributed by atoms with Crippen LogP contribution in [0.2, 0.25) is 0 Å². The van der Waals surface area contributed by atoms with Gasteiger partial charge in [0, 0.05) is 25.0 Å². The van der Waals surface area contributed by atoms with Gasteiger partial charge in [-0.3, -0.25) is 14.5 Å². The molecule has 7 heteroatoms. The number of fused-ring (bicyclic) bond motifs is 1. The van der Waals surface area contributed by atoms with Crippen LogP contribution in [0.5, 0.6) is 0 Å². The lowest BCUT2D eigenvalue weighted by Crippen LogP contribution is -2.41. The number of aryl methyl sites for hydroxylation is 2. The largest absolute Gasteiger partial charge is 0.468 e. The van der Waals surface area contributed by atoms with E-state index in [-0.39, 0.29) is 22.9 Å². The molecule has 30 heavy (non-hydrogen) atoms. The van der Waals surface area contributed by atoms with Crippen molar-refractivity contribution in [3.8, 4) is 0 Å². The Morgan fingerprint density at radius 1 is 1.23 bits per heavy atom. The van der Waals surface area contributed by atoms with E-state index in [9.17, 15) is 9.59 Å². The lowest BCUT2D eigenvalue weighted by Gasteiger charge is -2.33. The fraction of sp³-hybridized carbons (Fsp3) is 0.435. The number of rotatable bonds is 6. The van der Waals surface area contributed by atoms with E-state index in [4.69, 9.17) is 4.42 Å². The first-order valence-corrected chi connectivity index (χ1v) is 10.6. The monoisotopic (exact) mass is 408 g/mol. The second-order valence-electron chi connectivity index (χ2n) is 7.82. The predicted octanol–water partition coefficient (Wildman–Crippen LogP) is 3.27. The third-order valence-electron chi connectivity index (χ3n) is 5.80. The van der Waals surface area contributed by atoms with Crippen LogP contribution in [-0.2, 0) is 6.54 Å². The molecule has 0 bridgehead atoms. The zero-order valence-electron chi connectivity index (χ0n) is 17.6. The molecule has 7 nitrogen and oxygen atoms in total. The molecule has 0 aromatic carbocycles. The van der Waals surface area contributed by atoms with Crippen LogP contribution < -0.4 is 10.7 Å². The first-order chi connectivity index (χ1) is 14.6. The topological polar surface area (TPSA) is 80.4 Å². The van der Waals surface area contributed by atoms with E-state index in [2.05, 4.69) is 15.2 Å². The molecule has 3 aromatic heterocycles. The van der Waals surface area contributed by atoms with Crippen LogP contribution in [0.25, 0.3) is 11.0 Å². The molecule has 158 valence electrons. The van der Waals surface area contributed by atoms with Crippen molar-refractivity contribution in [3.63, 3.8) is 0 Å². The van der Waals surface area contributed by atoms with Gasteiger partial charge in [0.05, 0.1) is 17.7 Å². The average molecular weight is 409 g/mol. The molecule has 4 rings (SSSR count). The van der Waals surface area contributed by atoms with Crippen LogP contribution in [0.4, 0.5) is 0 Å². The molecule has 0 aliphatic carbocycles. The number of carbonyl (C=O) groups excluding carboxylic acids is 1. The number of amides is 1. The molecule has 1 N–H and O–H groups in total. The van der Waals surface area contributed by atoms with Crippen molar-refractivity contribution >= 4 is 16.9 Å². The summed E-state index contributed by atoms with van der Waals surface area (Å²) in [4.78, 5) is 32.8. The Morgan fingerprint density at radius 2 is 2.03 bits per heavy atom. The van der Waals surface area contributed by atoms with Gasteiger partial charge in [-0.2, -0.15) is 0 Å².